The van der Waals surface area contributed by atoms with Gasteiger partial charge in [0, 0.05) is 35.2 Å². The van der Waals surface area contributed by atoms with Crippen molar-refractivity contribution < 1.29 is 31.1 Å². The van der Waals surface area contributed by atoms with Crippen LogP contribution in [0.25, 0.3) is 0 Å². The molecule has 1 unspecified atom stereocenters. The van der Waals surface area contributed by atoms with Crippen LogP contribution < -0.4 is 14.8 Å². The van der Waals surface area contributed by atoms with Crippen LogP contribution in [-0.2, 0) is 21.0 Å². The predicted molar refractivity (Wildman–Crippen MR) is 125 cm³/mol. The van der Waals surface area contributed by atoms with Gasteiger partial charge in [-0.2, -0.15) is 18.4 Å². The maximum atomic E-state index is 13.6. The molecular formula is C24H17ClF3N3O4S. The average molecular weight is 536 g/mol. The molecule has 0 saturated carbocycles. The van der Waals surface area contributed by atoms with Crippen LogP contribution in [0.2, 0.25) is 5.02 Å². The van der Waals surface area contributed by atoms with E-state index in [2.05, 4.69) is 0 Å². The Labute approximate surface area is 209 Å². The van der Waals surface area contributed by atoms with Crippen LogP contribution in [0.15, 0.2) is 65.6 Å². The summed E-state index contributed by atoms with van der Waals surface area (Å²) in [5, 5.41) is 14.7. The second-order valence-corrected chi connectivity index (χ2v) is 10.0. The lowest BCUT2D eigenvalue weighted by atomic mass is 9.97. The largest absolute Gasteiger partial charge is 0.455 e. The van der Waals surface area contributed by atoms with Gasteiger partial charge in [-0.3, -0.25) is 4.79 Å². The monoisotopic (exact) mass is 535 g/mol. The molecule has 186 valence electrons. The van der Waals surface area contributed by atoms with E-state index in [4.69, 9.17) is 21.5 Å². The molecule has 3 aromatic carbocycles. The highest BCUT2D eigenvalue weighted by Crippen LogP contribution is 2.44. The van der Waals surface area contributed by atoms with Gasteiger partial charge in [0.15, 0.2) is 5.75 Å². The summed E-state index contributed by atoms with van der Waals surface area (Å²) in [5.74, 6) is -1.43. The number of nitriles is 1. The number of carbonyl (C=O) groups is 1. The van der Waals surface area contributed by atoms with E-state index in [-0.39, 0.29) is 40.1 Å². The SMILES string of the molecule is N#Cc1cccc(C(F)(F)F)c1Oc1cc(Cl)ccc1C1CC(=O)N(c2ccc(S(N)(=O)=O)cc2)C1. The number of primary sulfonamides is 1. The van der Waals surface area contributed by atoms with Crippen LogP contribution in [0.1, 0.15) is 29.0 Å². The summed E-state index contributed by atoms with van der Waals surface area (Å²) >= 11 is 6.09. The maximum Gasteiger partial charge on any atom is 0.420 e. The van der Waals surface area contributed by atoms with E-state index in [0.29, 0.717) is 11.3 Å². The van der Waals surface area contributed by atoms with E-state index in [0.717, 1.165) is 12.1 Å². The molecular weight excluding hydrogens is 519 g/mol. The first-order valence-electron chi connectivity index (χ1n) is 10.4. The number of halogens is 4. The van der Waals surface area contributed by atoms with Gasteiger partial charge < -0.3 is 9.64 Å². The van der Waals surface area contributed by atoms with E-state index >= 15 is 0 Å². The van der Waals surface area contributed by atoms with Crippen LogP contribution >= 0.6 is 11.6 Å². The fourth-order valence-electron chi connectivity index (χ4n) is 3.98. The minimum Gasteiger partial charge on any atom is -0.455 e. The van der Waals surface area contributed by atoms with E-state index < -0.39 is 33.4 Å². The lowest BCUT2D eigenvalue weighted by Gasteiger charge is -2.20. The van der Waals surface area contributed by atoms with Crippen molar-refractivity contribution in [2.75, 3.05) is 11.4 Å². The Morgan fingerprint density at radius 2 is 1.81 bits per heavy atom. The van der Waals surface area contributed by atoms with Gasteiger partial charge in [0.05, 0.1) is 16.0 Å². The van der Waals surface area contributed by atoms with Crippen molar-refractivity contribution in [2.24, 2.45) is 5.14 Å². The quantitative estimate of drug-likeness (QED) is 0.483. The summed E-state index contributed by atoms with van der Waals surface area (Å²) in [4.78, 5) is 14.1. The smallest absolute Gasteiger partial charge is 0.420 e. The third-order valence-electron chi connectivity index (χ3n) is 5.67. The molecule has 1 aliphatic rings. The minimum absolute atomic E-state index is 0.0140. The average Bonchev–Trinajstić information content (AvgIpc) is 3.19. The molecule has 1 saturated heterocycles. The number of nitrogens with zero attached hydrogens (tertiary/aromatic N) is 2. The molecule has 4 rings (SSSR count). The van der Waals surface area contributed by atoms with Gasteiger partial charge in [-0.25, -0.2) is 13.6 Å². The van der Waals surface area contributed by atoms with E-state index in [1.165, 1.54) is 47.4 Å². The summed E-state index contributed by atoms with van der Waals surface area (Å²) in [7, 11) is -3.91. The number of nitrogens with two attached hydrogens (primary N) is 1. The third kappa shape index (κ3) is 5.16. The van der Waals surface area contributed by atoms with E-state index in [9.17, 15) is 31.6 Å². The maximum absolute atomic E-state index is 13.6. The van der Waals surface area contributed by atoms with Gasteiger partial charge in [0.1, 0.15) is 11.8 Å². The number of ether oxygens (including phenoxy) is 1. The molecule has 0 aliphatic carbocycles. The molecule has 1 aliphatic heterocycles. The van der Waals surface area contributed by atoms with Gasteiger partial charge in [0.25, 0.3) is 0 Å². The standard InChI is InChI=1S/C24H17ClF3N3O4S/c25-16-4-9-19(21(11-16)35-23-14(12-29)2-1-3-20(23)24(26,27)28)15-10-22(32)31(13-15)17-5-7-18(8-6-17)36(30,33)34/h1-9,11,15H,10,13H2,(H2,30,33,34). The van der Waals surface area contributed by atoms with Crippen molar-refractivity contribution in [3.63, 3.8) is 0 Å². The summed E-state index contributed by atoms with van der Waals surface area (Å²) in [5.41, 5.74) is -0.570. The predicted octanol–water partition coefficient (Wildman–Crippen LogP) is 5.19. The summed E-state index contributed by atoms with van der Waals surface area (Å²) < 4.78 is 69.6. The first-order valence-corrected chi connectivity index (χ1v) is 12.3. The van der Waals surface area contributed by atoms with E-state index in [1.54, 1.807) is 12.1 Å². The molecule has 1 amide bonds. The molecule has 7 nitrogen and oxygen atoms in total. The van der Waals surface area contributed by atoms with Crippen molar-refractivity contribution in [3.8, 4) is 17.6 Å². The number of rotatable bonds is 5. The highest BCUT2D eigenvalue weighted by Gasteiger charge is 2.37. The van der Waals surface area contributed by atoms with Gasteiger partial charge in [0.2, 0.25) is 15.9 Å². The van der Waals surface area contributed by atoms with Crippen molar-refractivity contribution in [1.29, 1.82) is 5.26 Å². The Morgan fingerprint density at radius 1 is 1.11 bits per heavy atom. The fourth-order valence-corrected chi connectivity index (χ4v) is 4.66. The molecule has 1 atom stereocenters. The zero-order valence-electron chi connectivity index (χ0n) is 18.3. The third-order valence-corrected chi connectivity index (χ3v) is 6.83. The topological polar surface area (TPSA) is 113 Å². The van der Waals surface area contributed by atoms with Crippen LogP contribution in [-0.4, -0.2) is 20.9 Å². The van der Waals surface area contributed by atoms with Crippen molar-refractivity contribution in [1.82, 2.24) is 0 Å². The van der Waals surface area contributed by atoms with Crippen LogP contribution in [0.5, 0.6) is 11.5 Å². The molecule has 1 heterocycles. The summed E-state index contributed by atoms with van der Waals surface area (Å²) in [6.45, 7) is 0.150. The molecule has 0 bridgehead atoms. The molecule has 1 fully saturated rings. The van der Waals surface area contributed by atoms with Crippen molar-refractivity contribution >= 4 is 33.2 Å². The number of amides is 1. The number of hydrogen-bond acceptors (Lipinski definition) is 5. The van der Waals surface area contributed by atoms with Crippen LogP contribution in [0.3, 0.4) is 0 Å². The molecule has 0 aromatic heterocycles. The Balaban J connectivity index is 1.69. The number of benzene rings is 3. The highest BCUT2D eigenvalue weighted by atomic mass is 35.5. The first kappa shape index (κ1) is 25.5. The van der Waals surface area contributed by atoms with Gasteiger partial charge in [-0.05, 0) is 48.5 Å². The molecule has 3 aromatic rings. The molecule has 2 N–H and O–H groups in total. The zero-order valence-corrected chi connectivity index (χ0v) is 19.9. The Hall–Kier alpha value is -3.59. The number of carbonyl (C=O) groups excluding carboxylic acids is 1. The summed E-state index contributed by atoms with van der Waals surface area (Å²) in [6, 6.07) is 14.7. The lowest BCUT2D eigenvalue weighted by Crippen LogP contribution is -2.24. The van der Waals surface area contributed by atoms with Crippen molar-refractivity contribution in [3.05, 3.63) is 82.4 Å². The Morgan fingerprint density at radius 3 is 2.42 bits per heavy atom. The number of hydrogen-bond donors (Lipinski definition) is 1. The molecule has 12 heteroatoms. The molecule has 0 spiro atoms. The van der Waals surface area contributed by atoms with E-state index in [1.807, 2.05) is 0 Å². The first-order chi connectivity index (χ1) is 16.9. The number of para-hydroxylation sites is 1. The lowest BCUT2D eigenvalue weighted by molar-refractivity contribution is -0.138. The normalized spacial score (nSPS) is 16.2. The number of alkyl halides is 3. The Bertz CT molecular complexity index is 1490. The van der Waals surface area contributed by atoms with Crippen LogP contribution in [0.4, 0.5) is 18.9 Å². The van der Waals surface area contributed by atoms with Gasteiger partial charge in [-0.15, -0.1) is 0 Å². The highest BCUT2D eigenvalue weighted by molar-refractivity contribution is 7.89. The number of anilines is 1. The zero-order chi connectivity index (χ0) is 26.3. The molecule has 0 radical (unpaired) electrons. The summed E-state index contributed by atoms with van der Waals surface area (Å²) in [6.07, 6.45) is -4.76. The fraction of sp³-hybridized carbons (Fsp3) is 0.167. The minimum atomic E-state index is -4.77. The van der Waals surface area contributed by atoms with Gasteiger partial charge >= 0.3 is 6.18 Å². The Kier molecular flexibility index (Phi) is 6.70. The molecule has 36 heavy (non-hydrogen) atoms. The van der Waals surface area contributed by atoms with Crippen LogP contribution in [0, 0.1) is 11.3 Å². The number of sulfonamides is 1. The second-order valence-electron chi connectivity index (χ2n) is 8.02. The van der Waals surface area contributed by atoms with Crippen molar-refractivity contribution in [2.45, 2.75) is 23.4 Å². The van der Waals surface area contributed by atoms with Gasteiger partial charge in [-0.1, -0.05) is 23.7 Å². The second kappa shape index (κ2) is 9.46.